The van der Waals surface area contributed by atoms with Gasteiger partial charge >= 0.3 is 0 Å². The van der Waals surface area contributed by atoms with E-state index in [0.29, 0.717) is 5.92 Å². The van der Waals surface area contributed by atoms with Crippen LogP contribution in [0.3, 0.4) is 0 Å². The van der Waals surface area contributed by atoms with E-state index >= 15 is 0 Å². The second kappa shape index (κ2) is 2.13. The Bertz CT molecular complexity index is 205. The van der Waals surface area contributed by atoms with Gasteiger partial charge in [-0.25, -0.2) is 0 Å². The first-order valence-corrected chi connectivity index (χ1v) is 3.64. The van der Waals surface area contributed by atoms with Gasteiger partial charge < -0.3 is 10.2 Å². The molecule has 0 amide bonds. The third kappa shape index (κ3) is 0.847. The molecule has 1 fully saturated rings. The van der Waals surface area contributed by atoms with Gasteiger partial charge in [0.2, 0.25) is 0 Å². The molecule has 10 heavy (non-hydrogen) atoms. The highest BCUT2D eigenvalue weighted by Gasteiger charge is 2.37. The average molecular weight is 137 g/mol. The maximum Gasteiger partial charge on any atom is 0.0937 e. The molecule has 2 unspecified atom stereocenters. The van der Waals surface area contributed by atoms with Gasteiger partial charge in [-0.15, -0.1) is 0 Å². The van der Waals surface area contributed by atoms with E-state index in [-0.39, 0.29) is 0 Å². The molecule has 0 bridgehead atoms. The molecule has 2 nitrogen and oxygen atoms in total. The van der Waals surface area contributed by atoms with E-state index < -0.39 is 0 Å². The largest absolute Gasteiger partial charge is 0.472 e. The maximum absolute atomic E-state index is 5.50. The first-order chi connectivity index (χ1) is 4.92. The number of rotatable bonds is 2. The van der Waals surface area contributed by atoms with E-state index in [4.69, 9.17) is 10.2 Å². The fourth-order valence-electron chi connectivity index (χ4n) is 1.40. The standard InChI is InChI=1S/C8H11NO/c9-4-7-3-8(7)6-1-2-10-5-6/h1-2,5,7-8H,3-4,9H2. The Hall–Kier alpha value is -0.760. The highest BCUT2D eigenvalue weighted by molar-refractivity contribution is 5.20. The van der Waals surface area contributed by atoms with E-state index in [1.807, 2.05) is 12.3 Å². The zero-order valence-corrected chi connectivity index (χ0v) is 5.79. The predicted octanol–water partition coefficient (Wildman–Crippen LogP) is 1.34. The van der Waals surface area contributed by atoms with Gasteiger partial charge in [0.05, 0.1) is 12.5 Å². The molecule has 1 saturated carbocycles. The van der Waals surface area contributed by atoms with E-state index in [9.17, 15) is 0 Å². The lowest BCUT2D eigenvalue weighted by Gasteiger charge is -1.89. The molecule has 0 aliphatic heterocycles. The summed E-state index contributed by atoms with van der Waals surface area (Å²) in [5.74, 6) is 1.42. The van der Waals surface area contributed by atoms with Crippen LogP contribution in [-0.4, -0.2) is 6.54 Å². The van der Waals surface area contributed by atoms with Crippen LogP contribution in [0.4, 0.5) is 0 Å². The highest BCUT2D eigenvalue weighted by Crippen LogP contribution is 2.46. The van der Waals surface area contributed by atoms with Gasteiger partial charge in [0, 0.05) is 0 Å². The Morgan fingerprint density at radius 3 is 3.10 bits per heavy atom. The first-order valence-electron chi connectivity index (χ1n) is 3.64. The topological polar surface area (TPSA) is 39.2 Å². The summed E-state index contributed by atoms with van der Waals surface area (Å²) in [5.41, 5.74) is 6.81. The number of hydrogen-bond acceptors (Lipinski definition) is 2. The van der Waals surface area contributed by atoms with Crippen molar-refractivity contribution in [3.05, 3.63) is 24.2 Å². The van der Waals surface area contributed by atoms with Gasteiger partial charge in [-0.3, -0.25) is 0 Å². The minimum atomic E-state index is 0.698. The summed E-state index contributed by atoms with van der Waals surface area (Å²) >= 11 is 0. The third-order valence-corrected chi connectivity index (χ3v) is 2.20. The van der Waals surface area contributed by atoms with Crippen molar-refractivity contribution < 1.29 is 4.42 Å². The normalized spacial score (nSPS) is 30.5. The smallest absolute Gasteiger partial charge is 0.0937 e. The number of furan rings is 1. The van der Waals surface area contributed by atoms with Crippen molar-refractivity contribution in [1.82, 2.24) is 0 Å². The predicted molar refractivity (Wildman–Crippen MR) is 38.6 cm³/mol. The van der Waals surface area contributed by atoms with Crippen LogP contribution in [0.1, 0.15) is 17.9 Å². The molecule has 2 rings (SSSR count). The minimum Gasteiger partial charge on any atom is -0.472 e. The Kier molecular flexibility index (Phi) is 1.27. The van der Waals surface area contributed by atoms with Crippen molar-refractivity contribution in [1.29, 1.82) is 0 Å². The minimum absolute atomic E-state index is 0.698. The second-order valence-electron chi connectivity index (χ2n) is 2.89. The highest BCUT2D eigenvalue weighted by atomic mass is 16.3. The SMILES string of the molecule is NCC1CC1c1ccoc1. The van der Waals surface area contributed by atoms with Crippen molar-refractivity contribution >= 4 is 0 Å². The van der Waals surface area contributed by atoms with Crippen LogP contribution in [0.25, 0.3) is 0 Å². The van der Waals surface area contributed by atoms with E-state index in [1.54, 1.807) is 6.26 Å². The van der Waals surface area contributed by atoms with Crippen LogP contribution in [0.2, 0.25) is 0 Å². The van der Waals surface area contributed by atoms with Crippen molar-refractivity contribution in [3.8, 4) is 0 Å². The van der Waals surface area contributed by atoms with Gasteiger partial charge in [0.15, 0.2) is 0 Å². The molecular weight excluding hydrogens is 126 g/mol. The monoisotopic (exact) mass is 137 g/mol. The summed E-state index contributed by atoms with van der Waals surface area (Å²) in [4.78, 5) is 0. The van der Waals surface area contributed by atoms with Gasteiger partial charge in [-0.05, 0) is 36.4 Å². The first kappa shape index (κ1) is 5.98. The zero-order chi connectivity index (χ0) is 6.97. The lowest BCUT2D eigenvalue weighted by atomic mass is 10.2. The van der Waals surface area contributed by atoms with Gasteiger partial charge in [0.25, 0.3) is 0 Å². The molecule has 1 aromatic rings. The quantitative estimate of drug-likeness (QED) is 0.668. The summed E-state index contributed by atoms with van der Waals surface area (Å²) < 4.78 is 4.97. The summed E-state index contributed by atoms with van der Waals surface area (Å²) in [6, 6.07) is 2.03. The van der Waals surface area contributed by atoms with Crippen LogP contribution >= 0.6 is 0 Å². The van der Waals surface area contributed by atoms with Crippen molar-refractivity contribution in [2.75, 3.05) is 6.54 Å². The van der Waals surface area contributed by atoms with Crippen LogP contribution in [0.15, 0.2) is 23.0 Å². The Morgan fingerprint density at radius 2 is 2.60 bits per heavy atom. The summed E-state index contributed by atoms with van der Waals surface area (Å²) in [7, 11) is 0. The molecule has 0 radical (unpaired) electrons. The molecule has 0 aromatic carbocycles. The van der Waals surface area contributed by atoms with E-state index in [1.165, 1.54) is 12.0 Å². The lowest BCUT2D eigenvalue weighted by Crippen LogP contribution is -2.01. The molecular formula is C8H11NO. The maximum atomic E-state index is 5.50. The zero-order valence-electron chi connectivity index (χ0n) is 5.79. The molecule has 2 N–H and O–H groups in total. The molecule has 0 spiro atoms. The van der Waals surface area contributed by atoms with Gasteiger partial charge in [-0.1, -0.05) is 0 Å². The molecule has 54 valence electrons. The van der Waals surface area contributed by atoms with Gasteiger partial charge in [-0.2, -0.15) is 0 Å². The van der Waals surface area contributed by atoms with Crippen molar-refractivity contribution in [2.24, 2.45) is 11.7 Å². The Balaban J connectivity index is 2.05. The average Bonchev–Trinajstić information content (AvgIpc) is 2.56. The Morgan fingerprint density at radius 1 is 1.70 bits per heavy atom. The van der Waals surface area contributed by atoms with Crippen molar-refractivity contribution in [2.45, 2.75) is 12.3 Å². The van der Waals surface area contributed by atoms with Crippen LogP contribution < -0.4 is 5.73 Å². The molecule has 1 aliphatic rings. The fourth-order valence-corrected chi connectivity index (χ4v) is 1.40. The molecule has 0 saturated heterocycles. The number of hydrogen-bond donors (Lipinski definition) is 1. The fraction of sp³-hybridized carbons (Fsp3) is 0.500. The molecule has 2 atom stereocenters. The molecule has 2 heteroatoms. The molecule has 1 heterocycles. The summed E-state index contributed by atoms with van der Waals surface area (Å²) in [6.45, 7) is 0.815. The summed E-state index contributed by atoms with van der Waals surface area (Å²) in [5, 5.41) is 0. The molecule has 1 aromatic heterocycles. The third-order valence-electron chi connectivity index (χ3n) is 2.20. The van der Waals surface area contributed by atoms with Crippen molar-refractivity contribution in [3.63, 3.8) is 0 Å². The van der Waals surface area contributed by atoms with Gasteiger partial charge in [0.1, 0.15) is 0 Å². The van der Waals surface area contributed by atoms with Crippen LogP contribution in [0.5, 0.6) is 0 Å². The lowest BCUT2D eigenvalue weighted by molar-refractivity contribution is 0.563. The second-order valence-corrected chi connectivity index (χ2v) is 2.89. The van der Waals surface area contributed by atoms with E-state index in [2.05, 4.69) is 0 Å². The number of nitrogens with two attached hydrogens (primary N) is 1. The summed E-state index contributed by atoms with van der Waals surface area (Å²) in [6.07, 6.45) is 4.79. The molecule has 1 aliphatic carbocycles. The van der Waals surface area contributed by atoms with E-state index in [0.717, 1.165) is 12.5 Å². The van der Waals surface area contributed by atoms with Crippen LogP contribution in [0, 0.1) is 5.92 Å². The van der Waals surface area contributed by atoms with Crippen LogP contribution in [-0.2, 0) is 0 Å². The Labute approximate surface area is 60.0 Å².